The van der Waals surface area contributed by atoms with Gasteiger partial charge in [-0.1, -0.05) is 24.5 Å². The van der Waals surface area contributed by atoms with Gasteiger partial charge in [0.1, 0.15) is 5.69 Å². The molecule has 2 heterocycles. The Morgan fingerprint density at radius 3 is 2.59 bits per heavy atom. The van der Waals surface area contributed by atoms with Gasteiger partial charge in [-0.25, -0.2) is 0 Å². The third-order valence-corrected chi connectivity index (χ3v) is 5.63. The number of alkyl halides is 3. The van der Waals surface area contributed by atoms with Crippen LogP contribution in [0.2, 0.25) is 0 Å². The van der Waals surface area contributed by atoms with Crippen LogP contribution < -0.4 is 0 Å². The molecule has 3 atom stereocenters. The molecule has 0 radical (unpaired) electrons. The third-order valence-electron chi connectivity index (χ3n) is 5.63. The fourth-order valence-electron chi connectivity index (χ4n) is 4.50. The van der Waals surface area contributed by atoms with E-state index in [1.807, 2.05) is 19.9 Å². The van der Waals surface area contributed by atoms with E-state index in [9.17, 15) is 23.1 Å². The zero-order chi connectivity index (χ0) is 19.8. The molecule has 1 aliphatic heterocycles. The van der Waals surface area contributed by atoms with Crippen molar-refractivity contribution in [1.82, 2.24) is 9.88 Å². The van der Waals surface area contributed by atoms with Crippen molar-refractivity contribution in [1.29, 1.82) is 0 Å². The summed E-state index contributed by atoms with van der Waals surface area (Å²) in [5.41, 5.74) is -0.751. The van der Waals surface area contributed by atoms with Crippen LogP contribution in [0, 0.1) is 5.92 Å². The van der Waals surface area contributed by atoms with Gasteiger partial charge in [0, 0.05) is 24.7 Å². The summed E-state index contributed by atoms with van der Waals surface area (Å²) in [6.07, 6.45) is 2.41. The number of carbonyl (C=O) groups excluding carboxylic acids is 1. The lowest BCUT2D eigenvalue weighted by Gasteiger charge is -2.51. The second-order valence-corrected chi connectivity index (χ2v) is 7.85. The zero-order valence-corrected chi connectivity index (χ0v) is 15.6. The summed E-state index contributed by atoms with van der Waals surface area (Å²) in [7, 11) is 0. The molecule has 1 aromatic heterocycles. The molecule has 0 spiro atoms. The molecule has 7 heteroatoms. The molecule has 4 nitrogen and oxygen atoms in total. The largest absolute Gasteiger partial charge is 0.433 e. The Morgan fingerprint density at radius 1 is 1.30 bits per heavy atom. The van der Waals surface area contributed by atoms with Gasteiger partial charge < -0.3 is 10.0 Å². The minimum absolute atomic E-state index is 0.0544. The summed E-state index contributed by atoms with van der Waals surface area (Å²) in [4.78, 5) is 18.1. The Hall–Kier alpha value is -1.89. The number of fused-ring (bicyclic) bond motifs is 1. The van der Waals surface area contributed by atoms with Crippen molar-refractivity contribution in [2.75, 3.05) is 6.54 Å². The van der Waals surface area contributed by atoms with Crippen LogP contribution in [0.25, 0.3) is 0 Å². The summed E-state index contributed by atoms with van der Waals surface area (Å²) in [6.45, 7) is 4.27. The molecular weight excluding hydrogens is 357 g/mol. The van der Waals surface area contributed by atoms with Gasteiger partial charge in [0.25, 0.3) is 5.91 Å². The van der Waals surface area contributed by atoms with Crippen molar-refractivity contribution in [3.05, 3.63) is 41.2 Å². The normalized spacial score (nSPS) is 28.4. The van der Waals surface area contributed by atoms with Crippen LogP contribution in [0.5, 0.6) is 0 Å². The number of halogens is 3. The molecule has 148 valence electrons. The number of likely N-dealkylation sites (tertiary alicyclic amines) is 1. The number of carbonyl (C=O) groups is 1. The van der Waals surface area contributed by atoms with Gasteiger partial charge in [-0.05, 0) is 45.2 Å². The van der Waals surface area contributed by atoms with Crippen molar-refractivity contribution in [3.63, 3.8) is 0 Å². The van der Waals surface area contributed by atoms with E-state index >= 15 is 0 Å². The molecular formula is C20H25F3N2O2. The minimum atomic E-state index is -4.53. The SMILES string of the molecule is CC(C)=C[C@@]1(O)CCN(C(=O)c2ccc(C(F)(F)F)nc2)[C@@H]2CCCC[C@@H]21. The number of nitrogens with zero attached hydrogens (tertiary/aromatic N) is 2. The maximum Gasteiger partial charge on any atom is 0.433 e. The molecule has 1 aromatic rings. The van der Waals surface area contributed by atoms with Gasteiger partial charge >= 0.3 is 6.18 Å². The van der Waals surface area contributed by atoms with Gasteiger partial charge in [-0.2, -0.15) is 13.2 Å². The maximum absolute atomic E-state index is 13.0. The quantitative estimate of drug-likeness (QED) is 0.780. The molecule has 0 aromatic carbocycles. The average molecular weight is 382 g/mol. The van der Waals surface area contributed by atoms with Crippen LogP contribution in [0.1, 0.15) is 62.0 Å². The Labute approximate surface area is 157 Å². The van der Waals surface area contributed by atoms with E-state index < -0.39 is 17.5 Å². The highest BCUT2D eigenvalue weighted by Gasteiger charge is 2.48. The van der Waals surface area contributed by atoms with Crippen LogP contribution in [-0.4, -0.2) is 39.1 Å². The standard InChI is InChI=1S/C20H25F3N2O2/c1-13(2)11-19(27)9-10-25(16-6-4-3-5-15(16)19)18(26)14-7-8-17(24-12-14)20(21,22)23/h7-8,11-12,15-16,27H,3-6,9-10H2,1-2H3/t15-,16+,19-/m0/s1. The molecule has 1 saturated heterocycles. The molecule has 3 rings (SSSR count). The third kappa shape index (κ3) is 4.03. The second kappa shape index (κ2) is 7.26. The molecule has 0 unspecified atom stereocenters. The maximum atomic E-state index is 13.0. The second-order valence-electron chi connectivity index (χ2n) is 7.85. The topological polar surface area (TPSA) is 53.4 Å². The van der Waals surface area contributed by atoms with E-state index in [-0.39, 0.29) is 23.4 Å². The lowest BCUT2D eigenvalue weighted by atomic mass is 9.68. The predicted octanol–water partition coefficient (Wildman–Crippen LogP) is 4.20. The van der Waals surface area contributed by atoms with E-state index in [1.165, 1.54) is 6.07 Å². The van der Waals surface area contributed by atoms with Crippen LogP contribution in [0.3, 0.4) is 0 Å². The van der Waals surface area contributed by atoms with Gasteiger partial charge in [0.2, 0.25) is 0 Å². The summed E-state index contributed by atoms with van der Waals surface area (Å²) in [6, 6.07) is 1.92. The minimum Gasteiger partial charge on any atom is -0.385 e. The van der Waals surface area contributed by atoms with Gasteiger partial charge in [0.15, 0.2) is 0 Å². The van der Waals surface area contributed by atoms with Crippen molar-refractivity contribution in [3.8, 4) is 0 Å². The highest BCUT2D eigenvalue weighted by Crippen LogP contribution is 2.43. The number of aliphatic hydroxyl groups is 1. The first-order chi connectivity index (χ1) is 12.6. The van der Waals surface area contributed by atoms with Gasteiger partial charge in [0.05, 0.1) is 11.2 Å². The number of hydrogen-bond donors (Lipinski definition) is 1. The molecule has 0 bridgehead atoms. The molecule has 1 saturated carbocycles. The van der Waals surface area contributed by atoms with Gasteiger partial charge in [-0.15, -0.1) is 0 Å². The lowest BCUT2D eigenvalue weighted by Crippen LogP contribution is -2.59. The smallest absolute Gasteiger partial charge is 0.385 e. The first kappa shape index (κ1) is 19.9. The number of aromatic nitrogens is 1. The Morgan fingerprint density at radius 2 is 2.00 bits per heavy atom. The Kier molecular flexibility index (Phi) is 5.34. The number of amides is 1. The highest BCUT2D eigenvalue weighted by atomic mass is 19.4. The Balaban J connectivity index is 1.84. The summed E-state index contributed by atoms with van der Waals surface area (Å²) < 4.78 is 38.1. The van der Waals surface area contributed by atoms with Crippen molar-refractivity contribution < 1.29 is 23.1 Å². The van der Waals surface area contributed by atoms with Crippen molar-refractivity contribution >= 4 is 5.91 Å². The predicted molar refractivity (Wildman–Crippen MR) is 95.0 cm³/mol. The zero-order valence-electron chi connectivity index (χ0n) is 15.6. The van der Waals surface area contributed by atoms with Crippen LogP contribution in [-0.2, 0) is 6.18 Å². The van der Waals surface area contributed by atoms with Gasteiger partial charge in [-0.3, -0.25) is 9.78 Å². The fourth-order valence-corrected chi connectivity index (χ4v) is 4.50. The van der Waals surface area contributed by atoms with Crippen molar-refractivity contribution in [2.24, 2.45) is 5.92 Å². The molecule has 1 N–H and O–H groups in total. The van der Waals surface area contributed by atoms with Crippen LogP contribution in [0.15, 0.2) is 30.0 Å². The van der Waals surface area contributed by atoms with E-state index in [2.05, 4.69) is 4.98 Å². The number of allylic oxidation sites excluding steroid dienone is 1. The number of hydrogen-bond acceptors (Lipinski definition) is 3. The average Bonchev–Trinajstić information content (AvgIpc) is 2.60. The molecule has 2 fully saturated rings. The van der Waals surface area contributed by atoms with E-state index in [0.717, 1.165) is 43.5 Å². The summed E-state index contributed by atoms with van der Waals surface area (Å²) in [5.74, 6) is -0.367. The molecule has 27 heavy (non-hydrogen) atoms. The summed E-state index contributed by atoms with van der Waals surface area (Å²) in [5, 5.41) is 11.2. The van der Waals surface area contributed by atoms with E-state index in [4.69, 9.17) is 0 Å². The Bertz CT molecular complexity index is 726. The van der Waals surface area contributed by atoms with Crippen LogP contribution in [0.4, 0.5) is 13.2 Å². The highest BCUT2D eigenvalue weighted by molar-refractivity contribution is 5.94. The fraction of sp³-hybridized carbons (Fsp3) is 0.600. The first-order valence-corrected chi connectivity index (χ1v) is 9.34. The summed E-state index contributed by atoms with van der Waals surface area (Å²) >= 11 is 0. The number of piperidine rings is 1. The molecule has 2 aliphatic rings. The first-order valence-electron chi connectivity index (χ1n) is 9.34. The molecule has 1 amide bonds. The van der Waals surface area contributed by atoms with Crippen molar-refractivity contribution in [2.45, 2.75) is 63.8 Å². The lowest BCUT2D eigenvalue weighted by molar-refractivity contribution is -0.141. The van der Waals surface area contributed by atoms with Crippen LogP contribution >= 0.6 is 0 Å². The monoisotopic (exact) mass is 382 g/mol. The number of rotatable bonds is 2. The van der Waals surface area contributed by atoms with E-state index in [0.29, 0.717) is 13.0 Å². The van der Waals surface area contributed by atoms with E-state index in [1.54, 1.807) is 4.90 Å². The molecule has 1 aliphatic carbocycles. The number of pyridine rings is 1.